The van der Waals surface area contributed by atoms with Gasteiger partial charge < -0.3 is 14.6 Å². The van der Waals surface area contributed by atoms with Crippen molar-refractivity contribution in [2.24, 2.45) is 10.8 Å². The molecule has 0 radical (unpaired) electrons. The first-order chi connectivity index (χ1) is 10.1. The highest BCUT2D eigenvalue weighted by Gasteiger charge is 2.41. The predicted molar refractivity (Wildman–Crippen MR) is 86.1 cm³/mol. The Labute approximate surface area is 131 Å². The number of carboxylic acid groups (broad SMARTS) is 1. The second-order valence-corrected chi connectivity index (χ2v) is 7.35. The zero-order valence-electron chi connectivity index (χ0n) is 14.1. The molecule has 0 saturated carbocycles. The number of aromatic carboxylic acids is 1. The maximum atomic E-state index is 11.2. The molecule has 0 unspecified atom stereocenters. The minimum absolute atomic E-state index is 0.0337. The first-order valence-electron chi connectivity index (χ1n) is 7.37. The van der Waals surface area contributed by atoms with Gasteiger partial charge in [0, 0.05) is 11.0 Å². The van der Waals surface area contributed by atoms with Gasteiger partial charge in [-0.05, 0) is 23.1 Å². The van der Waals surface area contributed by atoms with Gasteiger partial charge in [-0.25, -0.2) is 4.79 Å². The summed E-state index contributed by atoms with van der Waals surface area (Å²) < 4.78 is 11.2. The first kappa shape index (κ1) is 16.4. The molecule has 4 heteroatoms. The quantitative estimate of drug-likeness (QED) is 0.909. The van der Waals surface area contributed by atoms with E-state index >= 15 is 0 Å². The lowest BCUT2D eigenvalue weighted by atomic mass is 9.71. The van der Waals surface area contributed by atoms with Gasteiger partial charge in [-0.2, -0.15) is 0 Å². The SMILES string of the molecule is COc1cc(C2=C(C(C)(C)C)C(C)(C)CO2)ccc1C(=O)O. The van der Waals surface area contributed by atoms with Crippen molar-refractivity contribution in [2.45, 2.75) is 34.6 Å². The van der Waals surface area contributed by atoms with Gasteiger partial charge in [0.25, 0.3) is 0 Å². The molecule has 1 aromatic rings. The van der Waals surface area contributed by atoms with Crippen LogP contribution in [0.2, 0.25) is 0 Å². The Balaban J connectivity index is 2.62. The molecule has 0 bridgehead atoms. The largest absolute Gasteiger partial charge is 0.496 e. The van der Waals surface area contributed by atoms with Crippen molar-refractivity contribution in [3.63, 3.8) is 0 Å². The number of carboxylic acids is 1. The molecule has 1 aliphatic heterocycles. The molecule has 4 nitrogen and oxygen atoms in total. The Morgan fingerprint density at radius 3 is 2.45 bits per heavy atom. The molecular formula is C18H24O4. The highest BCUT2D eigenvalue weighted by Crippen LogP contribution is 2.49. The summed E-state index contributed by atoms with van der Waals surface area (Å²) in [5, 5.41) is 9.19. The third-order valence-corrected chi connectivity index (χ3v) is 3.93. The van der Waals surface area contributed by atoms with E-state index in [9.17, 15) is 9.90 Å². The number of hydrogen-bond donors (Lipinski definition) is 1. The van der Waals surface area contributed by atoms with Gasteiger partial charge >= 0.3 is 5.97 Å². The van der Waals surface area contributed by atoms with E-state index in [0.717, 1.165) is 11.3 Å². The van der Waals surface area contributed by atoms with Crippen LogP contribution >= 0.6 is 0 Å². The Morgan fingerprint density at radius 2 is 1.95 bits per heavy atom. The van der Waals surface area contributed by atoms with Crippen molar-refractivity contribution in [1.29, 1.82) is 0 Å². The van der Waals surface area contributed by atoms with Gasteiger partial charge in [0.1, 0.15) is 17.1 Å². The van der Waals surface area contributed by atoms with E-state index in [2.05, 4.69) is 34.6 Å². The zero-order valence-corrected chi connectivity index (χ0v) is 14.1. The summed E-state index contributed by atoms with van der Waals surface area (Å²) in [6.07, 6.45) is 0. The fourth-order valence-corrected chi connectivity index (χ4v) is 3.30. The molecule has 22 heavy (non-hydrogen) atoms. The molecule has 0 aromatic heterocycles. The van der Waals surface area contributed by atoms with E-state index in [0.29, 0.717) is 12.4 Å². The molecule has 2 rings (SSSR count). The normalized spacial score (nSPS) is 17.4. The number of carbonyl (C=O) groups is 1. The predicted octanol–water partition coefficient (Wildman–Crippen LogP) is 4.21. The van der Waals surface area contributed by atoms with Gasteiger partial charge in [0.05, 0.1) is 13.7 Å². The standard InChI is InChI=1S/C18H24O4/c1-17(2,3)15-14(22-10-18(15,4)5)11-7-8-12(16(19)20)13(9-11)21-6/h7-9H,10H2,1-6H3,(H,19,20). The summed E-state index contributed by atoms with van der Waals surface area (Å²) >= 11 is 0. The molecular weight excluding hydrogens is 280 g/mol. The second-order valence-electron chi connectivity index (χ2n) is 7.35. The third kappa shape index (κ3) is 2.82. The van der Waals surface area contributed by atoms with Crippen LogP contribution < -0.4 is 4.74 Å². The smallest absolute Gasteiger partial charge is 0.339 e. The second kappa shape index (κ2) is 5.34. The van der Waals surface area contributed by atoms with Gasteiger partial charge in [-0.15, -0.1) is 0 Å². The molecule has 0 amide bonds. The average molecular weight is 304 g/mol. The highest BCUT2D eigenvalue weighted by molar-refractivity contribution is 5.91. The maximum Gasteiger partial charge on any atom is 0.339 e. The monoisotopic (exact) mass is 304 g/mol. The average Bonchev–Trinajstić information content (AvgIpc) is 2.73. The topological polar surface area (TPSA) is 55.8 Å². The van der Waals surface area contributed by atoms with Crippen molar-refractivity contribution >= 4 is 11.7 Å². The van der Waals surface area contributed by atoms with E-state index < -0.39 is 5.97 Å². The number of hydrogen-bond acceptors (Lipinski definition) is 3. The van der Waals surface area contributed by atoms with Crippen molar-refractivity contribution in [3.05, 3.63) is 34.9 Å². The molecule has 120 valence electrons. The lowest BCUT2D eigenvalue weighted by Gasteiger charge is -2.30. The lowest BCUT2D eigenvalue weighted by molar-refractivity contribution is 0.0693. The van der Waals surface area contributed by atoms with E-state index in [1.807, 2.05) is 0 Å². The van der Waals surface area contributed by atoms with Gasteiger partial charge in [0.2, 0.25) is 0 Å². The molecule has 1 aromatic carbocycles. The Kier molecular flexibility index (Phi) is 3.98. The minimum Gasteiger partial charge on any atom is -0.496 e. The maximum absolute atomic E-state index is 11.2. The minimum atomic E-state index is -0.999. The highest BCUT2D eigenvalue weighted by atomic mass is 16.5. The molecule has 1 N–H and O–H groups in total. The molecule has 0 atom stereocenters. The van der Waals surface area contributed by atoms with Crippen LogP contribution in [-0.2, 0) is 4.74 Å². The van der Waals surface area contributed by atoms with Gasteiger partial charge in [0.15, 0.2) is 0 Å². The van der Waals surface area contributed by atoms with Crippen LogP contribution in [0.4, 0.5) is 0 Å². The number of methoxy groups -OCH3 is 1. The summed E-state index contributed by atoms with van der Waals surface area (Å²) in [6.45, 7) is 11.5. The molecule has 1 heterocycles. The van der Waals surface area contributed by atoms with Crippen LogP contribution in [-0.4, -0.2) is 24.8 Å². The van der Waals surface area contributed by atoms with Crippen LogP contribution in [0.15, 0.2) is 23.8 Å². The third-order valence-electron chi connectivity index (χ3n) is 3.93. The van der Waals surface area contributed by atoms with Crippen molar-refractivity contribution in [1.82, 2.24) is 0 Å². The van der Waals surface area contributed by atoms with Crippen molar-refractivity contribution in [3.8, 4) is 5.75 Å². The van der Waals surface area contributed by atoms with Crippen molar-refractivity contribution < 1.29 is 19.4 Å². The summed E-state index contributed by atoms with van der Waals surface area (Å²) in [4.78, 5) is 11.2. The van der Waals surface area contributed by atoms with Crippen LogP contribution in [0.5, 0.6) is 5.75 Å². The first-order valence-corrected chi connectivity index (χ1v) is 7.37. The van der Waals surface area contributed by atoms with E-state index in [4.69, 9.17) is 9.47 Å². The molecule has 1 aliphatic rings. The lowest BCUT2D eigenvalue weighted by Crippen LogP contribution is -2.24. The molecule has 0 aliphatic carbocycles. The van der Waals surface area contributed by atoms with Gasteiger partial charge in [-0.3, -0.25) is 0 Å². The Morgan fingerprint density at radius 1 is 1.32 bits per heavy atom. The van der Waals surface area contributed by atoms with Crippen LogP contribution in [0.25, 0.3) is 5.76 Å². The summed E-state index contributed by atoms with van der Waals surface area (Å²) in [6, 6.07) is 5.10. The summed E-state index contributed by atoms with van der Waals surface area (Å²) in [5.74, 6) is 0.188. The molecule has 0 saturated heterocycles. The summed E-state index contributed by atoms with van der Waals surface area (Å²) in [7, 11) is 1.48. The van der Waals surface area contributed by atoms with E-state index in [-0.39, 0.29) is 16.4 Å². The van der Waals surface area contributed by atoms with Crippen LogP contribution in [0, 0.1) is 10.8 Å². The molecule has 0 spiro atoms. The number of rotatable bonds is 3. The molecule has 0 fully saturated rings. The fraction of sp³-hybridized carbons (Fsp3) is 0.500. The number of ether oxygens (including phenoxy) is 2. The van der Waals surface area contributed by atoms with E-state index in [1.165, 1.54) is 12.7 Å². The van der Waals surface area contributed by atoms with E-state index in [1.54, 1.807) is 18.2 Å². The fourth-order valence-electron chi connectivity index (χ4n) is 3.30. The number of benzene rings is 1. The Bertz CT molecular complexity index is 633. The zero-order chi connectivity index (χ0) is 16.7. The summed E-state index contributed by atoms with van der Waals surface area (Å²) in [5.41, 5.74) is 2.17. The van der Waals surface area contributed by atoms with Gasteiger partial charge in [-0.1, -0.05) is 40.7 Å². The van der Waals surface area contributed by atoms with Crippen molar-refractivity contribution in [2.75, 3.05) is 13.7 Å². The van der Waals surface area contributed by atoms with Crippen LogP contribution in [0.3, 0.4) is 0 Å². The van der Waals surface area contributed by atoms with Crippen LogP contribution in [0.1, 0.15) is 50.5 Å². The Hall–Kier alpha value is -1.97.